The van der Waals surface area contributed by atoms with Gasteiger partial charge in [0.1, 0.15) is 17.4 Å². The molecule has 0 atom stereocenters. The fourth-order valence-electron chi connectivity index (χ4n) is 1.33. The second-order valence-electron chi connectivity index (χ2n) is 3.87. The minimum absolute atomic E-state index is 0.141. The van der Waals surface area contributed by atoms with E-state index in [1.165, 1.54) is 12.2 Å². The Kier molecular flexibility index (Phi) is 4.89. The number of carbonyl (C=O) groups is 2. The molecule has 0 aromatic carbocycles. The van der Waals surface area contributed by atoms with E-state index in [0.29, 0.717) is 5.57 Å². The second-order valence-corrected chi connectivity index (χ2v) is 3.87. The highest BCUT2D eigenvalue weighted by Gasteiger charge is 2.21. The Labute approximate surface area is 111 Å². The Hall–Kier alpha value is -2.55. The third-order valence-electron chi connectivity index (χ3n) is 2.04. The summed E-state index contributed by atoms with van der Waals surface area (Å²) in [6.45, 7) is 1.81. The number of cyclic esters (lactones) is 1. The summed E-state index contributed by atoms with van der Waals surface area (Å²) in [5.74, 6) is -1.13. The van der Waals surface area contributed by atoms with Crippen LogP contribution in [0, 0.1) is 11.3 Å². The van der Waals surface area contributed by atoms with Gasteiger partial charge in [0.15, 0.2) is 0 Å². The summed E-state index contributed by atoms with van der Waals surface area (Å²) in [6.07, 6.45) is 4.23. The predicted molar refractivity (Wildman–Crippen MR) is 66.3 cm³/mol. The average molecular weight is 262 g/mol. The van der Waals surface area contributed by atoms with Gasteiger partial charge in [0.05, 0.1) is 12.2 Å². The van der Waals surface area contributed by atoms with Crippen molar-refractivity contribution >= 4 is 11.9 Å². The van der Waals surface area contributed by atoms with Crippen molar-refractivity contribution in [1.29, 1.82) is 5.26 Å². The van der Waals surface area contributed by atoms with Gasteiger partial charge in [-0.2, -0.15) is 5.26 Å². The zero-order chi connectivity index (χ0) is 14.4. The quantitative estimate of drug-likeness (QED) is 0.425. The summed E-state index contributed by atoms with van der Waals surface area (Å²) in [5, 5.41) is 8.85. The Morgan fingerprint density at radius 2 is 2.26 bits per heavy atom. The molecule has 0 spiro atoms. The summed E-state index contributed by atoms with van der Waals surface area (Å²) < 4.78 is 9.63. The summed E-state index contributed by atoms with van der Waals surface area (Å²) in [5.41, 5.74) is 0.129. The number of carbonyl (C=O) groups excluding carboxylic acids is 2. The number of hydrogen-bond donors (Lipinski definition) is 0. The van der Waals surface area contributed by atoms with E-state index in [4.69, 9.17) is 14.7 Å². The number of allylic oxidation sites excluding steroid dienone is 1. The molecule has 0 bridgehead atoms. The fraction of sp³-hybridized carbons (Fsp3) is 0.308. The van der Waals surface area contributed by atoms with Crippen LogP contribution in [0.3, 0.4) is 0 Å². The first-order valence-corrected chi connectivity index (χ1v) is 5.59. The molecule has 1 aliphatic rings. The summed E-state index contributed by atoms with van der Waals surface area (Å²) >= 11 is 0. The minimum atomic E-state index is -0.744. The molecule has 0 aromatic heterocycles. The van der Waals surface area contributed by atoms with E-state index in [2.05, 4.69) is 0 Å². The van der Waals surface area contributed by atoms with Crippen LogP contribution in [0.25, 0.3) is 0 Å². The number of nitrogens with zero attached hydrogens (tertiary/aromatic N) is 2. The van der Waals surface area contributed by atoms with Gasteiger partial charge in [-0.25, -0.2) is 9.59 Å². The molecule has 0 unspecified atom stereocenters. The number of hydrogen-bond acceptors (Lipinski definition) is 6. The van der Waals surface area contributed by atoms with Gasteiger partial charge in [-0.05, 0) is 13.0 Å². The maximum atomic E-state index is 11.5. The number of ether oxygens (including phenoxy) is 2. The van der Waals surface area contributed by atoms with Gasteiger partial charge in [0.25, 0.3) is 0 Å². The van der Waals surface area contributed by atoms with Gasteiger partial charge in [-0.1, -0.05) is 0 Å². The van der Waals surface area contributed by atoms with Crippen LogP contribution < -0.4 is 0 Å². The molecule has 0 aliphatic carbocycles. The molecule has 0 aromatic rings. The highest BCUT2D eigenvalue weighted by atomic mass is 16.5. The third kappa shape index (κ3) is 4.00. The molecule has 0 amide bonds. The summed E-state index contributed by atoms with van der Waals surface area (Å²) in [7, 11) is 3.53. The molecule has 1 aliphatic heterocycles. The van der Waals surface area contributed by atoms with Crippen LogP contribution in [-0.4, -0.2) is 37.5 Å². The lowest BCUT2D eigenvalue weighted by atomic mass is 10.2. The van der Waals surface area contributed by atoms with Gasteiger partial charge >= 0.3 is 11.9 Å². The highest BCUT2D eigenvalue weighted by molar-refractivity contribution is 5.97. The van der Waals surface area contributed by atoms with Gasteiger partial charge in [-0.15, -0.1) is 0 Å². The maximum absolute atomic E-state index is 11.5. The van der Waals surface area contributed by atoms with Crippen molar-refractivity contribution in [3.63, 3.8) is 0 Å². The van der Waals surface area contributed by atoms with Crippen LogP contribution in [0.2, 0.25) is 0 Å². The van der Waals surface area contributed by atoms with E-state index in [0.717, 1.165) is 0 Å². The van der Waals surface area contributed by atoms with Gasteiger partial charge < -0.3 is 14.4 Å². The maximum Gasteiger partial charge on any atom is 0.349 e. The molecule has 19 heavy (non-hydrogen) atoms. The molecule has 0 radical (unpaired) electrons. The molecule has 6 nitrogen and oxygen atoms in total. The van der Waals surface area contributed by atoms with Gasteiger partial charge in [0, 0.05) is 26.4 Å². The average Bonchev–Trinajstić information content (AvgIpc) is 2.66. The monoisotopic (exact) mass is 262 g/mol. The largest absolute Gasteiger partial charge is 0.462 e. The third-order valence-corrected chi connectivity index (χ3v) is 2.04. The van der Waals surface area contributed by atoms with Crippen molar-refractivity contribution in [2.24, 2.45) is 0 Å². The van der Waals surface area contributed by atoms with Crippen molar-refractivity contribution < 1.29 is 19.1 Å². The second kappa shape index (κ2) is 6.40. The summed E-state index contributed by atoms with van der Waals surface area (Å²) in [6, 6.07) is 1.71. The summed E-state index contributed by atoms with van der Waals surface area (Å²) in [4.78, 5) is 24.6. The lowest BCUT2D eigenvalue weighted by molar-refractivity contribution is -0.138. The van der Waals surface area contributed by atoms with E-state index >= 15 is 0 Å². The van der Waals surface area contributed by atoms with Crippen LogP contribution in [0.1, 0.15) is 6.92 Å². The molecule has 0 saturated carbocycles. The molecule has 1 heterocycles. The molecule has 6 heteroatoms. The lowest BCUT2D eigenvalue weighted by Crippen LogP contribution is -2.07. The van der Waals surface area contributed by atoms with Gasteiger partial charge in [-0.3, -0.25) is 0 Å². The molecular weight excluding hydrogens is 248 g/mol. The smallest absolute Gasteiger partial charge is 0.349 e. The molecular formula is C13H14N2O4. The van der Waals surface area contributed by atoms with Crippen molar-refractivity contribution in [2.45, 2.75) is 6.92 Å². The molecule has 100 valence electrons. The first-order chi connectivity index (χ1) is 8.97. The Morgan fingerprint density at radius 3 is 2.79 bits per heavy atom. The number of nitriles is 1. The zero-order valence-electron chi connectivity index (χ0n) is 11.0. The standard InChI is InChI=1S/C13H14N2O4/c1-4-18-12(16)9(7-14)5-11-6-10(8-15(2)3)13(17)19-11/h5-6,8H,4H2,1-3H3/b9-5+,10-8-. The van der Waals surface area contributed by atoms with Crippen molar-refractivity contribution in [3.8, 4) is 6.07 Å². The fourth-order valence-corrected chi connectivity index (χ4v) is 1.33. The van der Waals surface area contributed by atoms with E-state index in [-0.39, 0.29) is 17.9 Å². The van der Waals surface area contributed by atoms with Crippen molar-refractivity contribution in [3.05, 3.63) is 35.3 Å². The van der Waals surface area contributed by atoms with Gasteiger partial charge in [0.2, 0.25) is 0 Å². The Morgan fingerprint density at radius 1 is 1.58 bits per heavy atom. The molecule has 0 N–H and O–H groups in total. The highest BCUT2D eigenvalue weighted by Crippen LogP contribution is 2.19. The molecule has 1 rings (SSSR count). The van der Waals surface area contributed by atoms with Crippen LogP contribution in [0.15, 0.2) is 35.3 Å². The van der Waals surface area contributed by atoms with E-state index in [1.807, 2.05) is 0 Å². The topological polar surface area (TPSA) is 79.6 Å². The Bertz CT molecular complexity index is 521. The zero-order valence-corrected chi connectivity index (χ0v) is 11.0. The molecule has 0 saturated heterocycles. The lowest BCUT2D eigenvalue weighted by Gasteiger charge is -2.03. The number of esters is 2. The molecule has 0 fully saturated rings. The van der Waals surface area contributed by atoms with Crippen LogP contribution >= 0.6 is 0 Å². The van der Waals surface area contributed by atoms with E-state index < -0.39 is 11.9 Å². The van der Waals surface area contributed by atoms with Crippen molar-refractivity contribution in [1.82, 2.24) is 4.90 Å². The normalized spacial score (nSPS) is 16.7. The first kappa shape index (κ1) is 14.5. The predicted octanol–water partition coefficient (Wildman–Crippen LogP) is 0.886. The minimum Gasteiger partial charge on any atom is -0.462 e. The first-order valence-electron chi connectivity index (χ1n) is 5.59. The van der Waals surface area contributed by atoms with Crippen LogP contribution in [-0.2, 0) is 19.1 Å². The van der Waals surface area contributed by atoms with E-state index in [9.17, 15) is 9.59 Å². The SMILES string of the molecule is CCOC(=O)/C(C#N)=C/C1=CC(=C/N(C)C)/C(=O)O1. The van der Waals surface area contributed by atoms with Crippen molar-refractivity contribution in [2.75, 3.05) is 20.7 Å². The van der Waals surface area contributed by atoms with Crippen LogP contribution in [0.5, 0.6) is 0 Å². The van der Waals surface area contributed by atoms with E-state index in [1.54, 1.807) is 38.2 Å². The number of rotatable bonds is 4. The van der Waals surface area contributed by atoms with Crippen LogP contribution in [0.4, 0.5) is 0 Å². The Balaban J connectivity index is 2.96.